The molecule has 1 saturated heterocycles. The maximum atomic E-state index is 12.3. The van der Waals surface area contributed by atoms with E-state index in [1.807, 2.05) is 26.0 Å². The molecule has 0 aromatic heterocycles. The highest BCUT2D eigenvalue weighted by Gasteiger charge is 2.48. The van der Waals surface area contributed by atoms with Crippen LogP contribution in [0.15, 0.2) is 28.7 Å². The normalized spacial score (nSPS) is 21.6. The molecular weight excluding hydrogens is 336 g/mol. The van der Waals surface area contributed by atoms with Crippen molar-refractivity contribution in [3.05, 3.63) is 28.7 Å². The van der Waals surface area contributed by atoms with Crippen LogP contribution in [0.2, 0.25) is 0 Å². The van der Waals surface area contributed by atoms with Gasteiger partial charge in [-0.05, 0) is 30.5 Å². The van der Waals surface area contributed by atoms with Crippen LogP contribution in [0.4, 0.5) is 10.5 Å². The van der Waals surface area contributed by atoms with Crippen LogP contribution in [0.5, 0.6) is 0 Å². The summed E-state index contributed by atoms with van der Waals surface area (Å²) in [7, 11) is 0. The zero-order valence-corrected chi connectivity index (χ0v) is 13.7. The topological polar surface area (TPSA) is 69.6 Å². The van der Waals surface area contributed by atoms with E-state index >= 15 is 0 Å². The number of hydrogen-bond acceptors (Lipinski definition) is 2. The summed E-state index contributed by atoms with van der Waals surface area (Å²) in [6.07, 6.45) is 0.492. The molecule has 1 aliphatic rings. The lowest BCUT2D eigenvalue weighted by atomic mass is 9.76. The Kier molecular flexibility index (Phi) is 4.56. The van der Waals surface area contributed by atoms with Crippen LogP contribution in [-0.2, 0) is 4.79 Å². The first-order valence-electron chi connectivity index (χ1n) is 6.90. The first-order chi connectivity index (χ1) is 9.85. The highest BCUT2D eigenvalue weighted by molar-refractivity contribution is 9.10. The van der Waals surface area contributed by atoms with Crippen molar-refractivity contribution in [3.8, 4) is 0 Å². The molecule has 1 fully saturated rings. The predicted molar refractivity (Wildman–Crippen MR) is 84.3 cm³/mol. The molecule has 1 atom stereocenters. The van der Waals surface area contributed by atoms with Crippen LogP contribution in [0.1, 0.15) is 20.3 Å². The van der Waals surface area contributed by atoms with Gasteiger partial charge in [-0.25, -0.2) is 4.79 Å². The molecule has 21 heavy (non-hydrogen) atoms. The van der Waals surface area contributed by atoms with Gasteiger partial charge in [-0.1, -0.05) is 35.8 Å². The van der Waals surface area contributed by atoms with Crippen molar-refractivity contribution < 1.29 is 14.7 Å². The number of carboxylic acid groups (broad SMARTS) is 1. The molecule has 114 valence electrons. The smallest absolute Gasteiger partial charge is 0.321 e. The molecule has 0 aliphatic carbocycles. The number of carbonyl (C=O) groups is 2. The molecule has 2 rings (SSSR count). The number of rotatable bonds is 3. The van der Waals surface area contributed by atoms with Gasteiger partial charge in [0.15, 0.2) is 0 Å². The van der Waals surface area contributed by atoms with Crippen LogP contribution < -0.4 is 5.32 Å². The lowest BCUT2D eigenvalue weighted by Gasteiger charge is -2.28. The van der Waals surface area contributed by atoms with E-state index in [4.69, 9.17) is 0 Å². The van der Waals surface area contributed by atoms with Crippen LogP contribution in [0.3, 0.4) is 0 Å². The summed E-state index contributed by atoms with van der Waals surface area (Å²) in [4.78, 5) is 25.4. The average molecular weight is 355 g/mol. The van der Waals surface area contributed by atoms with Crippen molar-refractivity contribution in [2.45, 2.75) is 20.3 Å². The van der Waals surface area contributed by atoms with E-state index in [0.717, 1.165) is 4.47 Å². The number of nitrogens with zero attached hydrogens (tertiary/aromatic N) is 1. The van der Waals surface area contributed by atoms with Crippen LogP contribution in [0.25, 0.3) is 0 Å². The third kappa shape index (κ3) is 3.20. The summed E-state index contributed by atoms with van der Waals surface area (Å²) in [5.74, 6) is -0.839. The molecule has 1 aromatic carbocycles. The standard InChI is InChI=1S/C15H19BrN2O3/c1-10(2)15(13(19)20)6-7-18(9-15)14(21)17-12-5-3-4-11(16)8-12/h3-5,8,10H,6-7,9H2,1-2H3,(H,17,21)(H,19,20). The van der Waals surface area contributed by atoms with Gasteiger partial charge in [0, 0.05) is 23.2 Å². The second-order valence-electron chi connectivity index (χ2n) is 5.73. The molecule has 0 spiro atoms. The fourth-order valence-electron chi connectivity index (χ4n) is 2.67. The zero-order chi connectivity index (χ0) is 15.6. The van der Waals surface area contributed by atoms with Gasteiger partial charge in [0.2, 0.25) is 0 Å². The number of likely N-dealkylation sites (tertiary alicyclic amines) is 1. The Balaban J connectivity index is 2.07. The lowest BCUT2D eigenvalue weighted by Crippen LogP contribution is -2.41. The summed E-state index contributed by atoms with van der Waals surface area (Å²) >= 11 is 3.35. The molecule has 1 aliphatic heterocycles. The Morgan fingerprint density at radius 3 is 2.67 bits per heavy atom. The van der Waals surface area contributed by atoms with Gasteiger partial charge < -0.3 is 15.3 Å². The van der Waals surface area contributed by atoms with Crippen LogP contribution >= 0.6 is 15.9 Å². The van der Waals surface area contributed by atoms with Crippen molar-refractivity contribution in [1.82, 2.24) is 4.90 Å². The van der Waals surface area contributed by atoms with Gasteiger partial charge in [-0.3, -0.25) is 4.79 Å². The number of anilines is 1. The third-order valence-electron chi connectivity index (χ3n) is 4.20. The van der Waals surface area contributed by atoms with E-state index in [2.05, 4.69) is 21.2 Å². The molecule has 2 N–H and O–H groups in total. The fraction of sp³-hybridized carbons (Fsp3) is 0.467. The van der Waals surface area contributed by atoms with Crippen molar-refractivity contribution >= 4 is 33.6 Å². The molecule has 0 bridgehead atoms. The predicted octanol–water partition coefficient (Wildman–Crippen LogP) is 3.41. The van der Waals surface area contributed by atoms with Gasteiger partial charge in [-0.15, -0.1) is 0 Å². The largest absolute Gasteiger partial charge is 0.481 e. The van der Waals surface area contributed by atoms with Gasteiger partial charge in [0.25, 0.3) is 0 Å². The SMILES string of the molecule is CC(C)C1(C(=O)O)CCN(C(=O)Nc2cccc(Br)c2)C1. The van der Waals surface area contributed by atoms with Crippen molar-refractivity contribution in [2.75, 3.05) is 18.4 Å². The highest BCUT2D eigenvalue weighted by atomic mass is 79.9. The molecule has 0 radical (unpaired) electrons. The number of urea groups is 1. The zero-order valence-electron chi connectivity index (χ0n) is 12.1. The molecule has 1 unspecified atom stereocenters. The second kappa shape index (κ2) is 6.05. The molecule has 2 amide bonds. The Hall–Kier alpha value is -1.56. The summed E-state index contributed by atoms with van der Waals surface area (Å²) in [6, 6.07) is 7.06. The van der Waals surface area contributed by atoms with Crippen molar-refractivity contribution in [2.24, 2.45) is 11.3 Å². The lowest BCUT2D eigenvalue weighted by molar-refractivity contribution is -0.150. The minimum atomic E-state index is -0.839. The van der Waals surface area contributed by atoms with E-state index < -0.39 is 11.4 Å². The number of carboxylic acids is 1. The van der Waals surface area contributed by atoms with Crippen LogP contribution in [-0.4, -0.2) is 35.1 Å². The second-order valence-corrected chi connectivity index (χ2v) is 6.64. The summed E-state index contributed by atoms with van der Waals surface area (Å²) in [5, 5.41) is 12.3. The maximum absolute atomic E-state index is 12.3. The number of carbonyl (C=O) groups excluding carboxylic acids is 1. The summed E-state index contributed by atoms with van der Waals surface area (Å²) < 4.78 is 0.879. The number of halogens is 1. The van der Waals surface area contributed by atoms with E-state index in [0.29, 0.717) is 18.7 Å². The highest BCUT2D eigenvalue weighted by Crippen LogP contribution is 2.38. The van der Waals surface area contributed by atoms with Gasteiger partial charge in [0.05, 0.1) is 5.41 Å². The van der Waals surface area contributed by atoms with Gasteiger partial charge >= 0.3 is 12.0 Å². The summed E-state index contributed by atoms with van der Waals surface area (Å²) in [5.41, 5.74) is -0.152. The monoisotopic (exact) mass is 354 g/mol. The molecule has 5 nitrogen and oxygen atoms in total. The Labute approximate surface area is 132 Å². The molecule has 0 saturated carbocycles. The number of hydrogen-bond donors (Lipinski definition) is 2. The minimum Gasteiger partial charge on any atom is -0.481 e. The molecule has 1 aromatic rings. The molecule has 1 heterocycles. The van der Waals surface area contributed by atoms with E-state index in [1.165, 1.54) is 0 Å². The first-order valence-corrected chi connectivity index (χ1v) is 7.69. The van der Waals surface area contributed by atoms with Gasteiger partial charge in [-0.2, -0.15) is 0 Å². The number of amides is 2. The average Bonchev–Trinajstić information content (AvgIpc) is 2.85. The fourth-order valence-corrected chi connectivity index (χ4v) is 3.07. The van der Waals surface area contributed by atoms with Gasteiger partial charge in [0.1, 0.15) is 0 Å². The van der Waals surface area contributed by atoms with Crippen LogP contribution in [0, 0.1) is 11.3 Å². The molecule has 6 heteroatoms. The number of benzene rings is 1. The summed E-state index contributed by atoms with van der Waals surface area (Å²) in [6.45, 7) is 4.50. The van der Waals surface area contributed by atoms with E-state index in [1.54, 1.807) is 17.0 Å². The van der Waals surface area contributed by atoms with Crippen molar-refractivity contribution in [3.63, 3.8) is 0 Å². The van der Waals surface area contributed by atoms with E-state index in [9.17, 15) is 14.7 Å². The maximum Gasteiger partial charge on any atom is 0.321 e. The minimum absolute atomic E-state index is 0.0151. The molecular formula is C15H19BrN2O3. The number of nitrogens with one attached hydrogen (secondary N) is 1. The Morgan fingerprint density at radius 1 is 1.43 bits per heavy atom. The Morgan fingerprint density at radius 2 is 2.14 bits per heavy atom. The van der Waals surface area contributed by atoms with Crippen molar-refractivity contribution in [1.29, 1.82) is 0 Å². The quantitative estimate of drug-likeness (QED) is 0.873. The first kappa shape index (κ1) is 15.8. The Bertz CT molecular complexity index is 562. The van der Waals surface area contributed by atoms with E-state index in [-0.39, 0.29) is 18.5 Å². The third-order valence-corrected chi connectivity index (χ3v) is 4.69. The number of aliphatic carboxylic acids is 1.